The average molecular weight is 522 g/mol. The summed E-state index contributed by atoms with van der Waals surface area (Å²) in [5.74, 6) is -1.68. The van der Waals surface area contributed by atoms with Gasteiger partial charge in [-0.3, -0.25) is 9.59 Å². The zero-order chi connectivity index (χ0) is 26.0. The van der Waals surface area contributed by atoms with Gasteiger partial charge >= 0.3 is 0 Å². The number of rotatable bonds is 8. The Morgan fingerprint density at radius 3 is 2.14 bits per heavy atom. The van der Waals surface area contributed by atoms with Crippen molar-refractivity contribution in [2.45, 2.75) is 6.04 Å². The number of carbonyl (C=O) groups excluding carboxylic acids is 2. The van der Waals surface area contributed by atoms with Crippen LogP contribution >= 0.6 is 23.2 Å². The quantitative estimate of drug-likeness (QED) is 0.318. The summed E-state index contributed by atoms with van der Waals surface area (Å²) in [6.07, 6.45) is 0. The molecule has 10 heteroatoms. The first-order valence-corrected chi connectivity index (χ1v) is 11.6. The summed E-state index contributed by atoms with van der Waals surface area (Å²) in [5, 5.41) is 11.6. The second kappa shape index (κ2) is 10.8. The summed E-state index contributed by atoms with van der Waals surface area (Å²) in [6, 6.07) is 8.06. The van der Waals surface area contributed by atoms with Crippen molar-refractivity contribution in [2.24, 2.45) is 0 Å². The van der Waals surface area contributed by atoms with Gasteiger partial charge in [-0.15, -0.1) is 0 Å². The molecule has 0 saturated carbocycles. The third-order valence-corrected chi connectivity index (χ3v) is 6.47. The number of methoxy groups -OCH3 is 2. The molecule has 1 saturated heterocycles. The third kappa shape index (κ3) is 5.05. The highest BCUT2D eigenvalue weighted by Crippen LogP contribution is 2.47. The molecule has 188 valence electrons. The molecule has 3 rings (SSSR count). The second-order valence-electron chi connectivity index (χ2n) is 8.57. The molecule has 2 aromatic carbocycles. The minimum atomic E-state index is -0.810. The highest BCUT2D eigenvalue weighted by atomic mass is 35.5. The first kappa shape index (κ1) is 26.7. The van der Waals surface area contributed by atoms with Gasteiger partial charge < -0.3 is 29.3 Å². The Bertz CT molecular complexity index is 1160. The number of aliphatic hydroxyl groups excluding tert-OH is 1. The number of halogens is 2. The number of hydrogen-bond donors (Lipinski definition) is 1. The predicted octanol–water partition coefficient (Wildman–Crippen LogP) is 4.06. The Morgan fingerprint density at radius 1 is 1.03 bits per heavy atom. The maximum absolute atomic E-state index is 13.3. The standard InChI is InChI=1S/C25H29Cl2N3O5/c1-28(2)11-12-30-20(14-7-9-15(10-8-14)29(3)4)18(22(32)25(30)33)21(31)16-13-17(26)24(35-6)19(27)23(16)34-5/h7-10,13,20,31H,11-12H2,1-6H3/b21-18+. The lowest BCUT2D eigenvalue weighted by atomic mass is 9.94. The van der Waals surface area contributed by atoms with Crippen LogP contribution in [0.25, 0.3) is 5.76 Å². The maximum Gasteiger partial charge on any atom is 0.295 e. The van der Waals surface area contributed by atoms with Crippen LogP contribution < -0.4 is 14.4 Å². The SMILES string of the molecule is COc1c(Cl)cc(/C(O)=C2\C(=O)C(=O)N(CCN(C)C)C2c2ccc(N(C)C)cc2)c(OC)c1Cl. The van der Waals surface area contributed by atoms with Gasteiger partial charge in [0.1, 0.15) is 10.8 Å². The summed E-state index contributed by atoms with van der Waals surface area (Å²) >= 11 is 12.7. The molecular weight excluding hydrogens is 493 g/mol. The van der Waals surface area contributed by atoms with Gasteiger partial charge in [-0.1, -0.05) is 35.3 Å². The van der Waals surface area contributed by atoms with Crippen LogP contribution in [-0.2, 0) is 9.59 Å². The van der Waals surface area contributed by atoms with Gasteiger partial charge in [0.15, 0.2) is 11.5 Å². The molecule has 1 amide bonds. The fourth-order valence-corrected chi connectivity index (χ4v) is 4.70. The van der Waals surface area contributed by atoms with Crippen molar-refractivity contribution >= 4 is 46.3 Å². The molecule has 2 aromatic rings. The van der Waals surface area contributed by atoms with Gasteiger partial charge in [0.25, 0.3) is 11.7 Å². The molecule has 35 heavy (non-hydrogen) atoms. The fraction of sp³-hybridized carbons (Fsp3) is 0.360. The number of ether oxygens (including phenoxy) is 2. The third-order valence-electron chi connectivity index (χ3n) is 5.85. The summed E-state index contributed by atoms with van der Waals surface area (Å²) < 4.78 is 10.6. The van der Waals surface area contributed by atoms with E-state index in [1.807, 2.05) is 62.3 Å². The molecule has 1 aliphatic heterocycles. The van der Waals surface area contributed by atoms with Crippen LogP contribution in [0.2, 0.25) is 10.0 Å². The zero-order valence-corrected chi connectivity index (χ0v) is 22.1. The van der Waals surface area contributed by atoms with Crippen molar-refractivity contribution in [3.63, 3.8) is 0 Å². The number of anilines is 1. The molecule has 0 radical (unpaired) electrons. The van der Waals surface area contributed by atoms with Gasteiger partial charge in [-0.2, -0.15) is 0 Å². The van der Waals surface area contributed by atoms with E-state index in [1.54, 1.807) is 0 Å². The van der Waals surface area contributed by atoms with E-state index in [-0.39, 0.29) is 39.2 Å². The Hall–Kier alpha value is -2.94. The van der Waals surface area contributed by atoms with E-state index < -0.39 is 23.5 Å². The lowest BCUT2D eigenvalue weighted by Crippen LogP contribution is -2.35. The maximum atomic E-state index is 13.3. The molecule has 0 bridgehead atoms. The van der Waals surface area contributed by atoms with Crippen LogP contribution in [0.1, 0.15) is 17.2 Å². The highest BCUT2D eigenvalue weighted by Gasteiger charge is 2.46. The van der Waals surface area contributed by atoms with Crippen LogP contribution in [-0.4, -0.2) is 82.1 Å². The van der Waals surface area contributed by atoms with E-state index in [0.717, 1.165) is 5.69 Å². The van der Waals surface area contributed by atoms with Crippen LogP contribution in [0.15, 0.2) is 35.9 Å². The number of benzene rings is 2. The van der Waals surface area contributed by atoms with Gasteiger partial charge in [-0.05, 0) is 37.9 Å². The van der Waals surface area contributed by atoms with Crippen molar-refractivity contribution in [1.29, 1.82) is 0 Å². The Kier molecular flexibility index (Phi) is 8.20. The van der Waals surface area contributed by atoms with Crippen molar-refractivity contribution in [2.75, 3.05) is 60.4 Å². The molecule has 1 aliphatic rings. The van der Waals surface area contributed by atoms with E-state index in [2.05, 4.69) is 0 Å². The van der Waals surface area contributed by atoms with Gasteiger partial charge in [0, 0.05) is 32.9 Å². The number of likely N-dealkylation sites (tertiary alicyclic amines) is 1. The molecule has 0 aliphatic carbocycles. The van der Waals surface area contributed by atoms with Crippen LogP contribution in [0.5, 0.6) is 11.5 Å². The topological polar surface area (TPSA) is 82.5 Å². The number of hydrogen-bond acceptors (Lipinski definition) is 7. The van der Waals surface area contributed by atoms with E-state index in [4.69, 9.17) is 32.7 Å². The first-order chi connectivity index (χ1) is 16.5. The molecule has 0 aromatic heterocycles. The van der Waals surface area contributed by atoms with Crippen molar-refractivity contribution in [3.05, 3.63) is 57.1 Å². The molecule has 0 spiro atoms. The number of likely N-dealkylation sites (N-methyl/N-ethyl adjacent to an activating group) is 1. The van der Waals surface area contributed by atoms with E-state index in [9.17, 15) is 14.7 Å². The first-order valence-electron chi connectivity index (χ1n) is 10.8. The van der Waals surface area contributed by atoms with Crippen LogP contribution in [0.3, 0.4) is 0 Å². The lowest BCUT2D eigenvalue weighted by Gasteiger charge is -2.27. The van der Waals surface area contributed by atoms with E-state index >= 15 is 0 Å². The number of aliphatic hydroxyl groups is 1. The summed E-state index contributed by atoms with van der Waals surface area (Å²) in [4.78, 5) is 31.7. The molecule has 8 nitrogen and oxygen atoms in total. The van der Waals surface area contributed by atoms with Crippen molar-refractivity contribution in [3.8, 4) is 11.5 Å². The minimum absolute atomic E-state index is 0.0396. The number of Topliss-reactive ketones (excluding diaryl/α,β-unsaturated/α-hetero) is 1. The minimum Gasteiger partial charge on any atom is -0.507 e. The second-order valence-corrected chi connectivity index (χ2v) is 9.35. The van der Waals surface area contributed by atoms with Crippen molar-refractivity contribution < 1.29 is 24.2 Å². The molecule has 1 atom stereocenters. The molecule has 1 N–H and O–H groups in total. The number of carbonyl (C=O) groups is 2. The highest BCUT2D eigenvalue weighted by molar-refractivity contribution is 6.47. The van der Waals surface area contributed by atoms with E-state index in [0.29, 0.717) is 12.1 Å². The Morgan fingerprint density at radius 2 is 1.63 bits per heavy atom. The Labute approximate surface area is 215 Å². The number of ketones is 1. The van der Waals surface area contributed by atoms with Gasteiger partial charge in [0.05, 0.1) is 36.4 Å². The summed E-state index contributed by atoms with van der Waals surface area (Å²) in [7, 11) is 10.4. The molecule has 1 heterocycles. The number of amides is 1. The van der Waals surface area contributed by atoms with Gasteiger partial charge in [0.2, 0.25) is 0 Å². The zero-order valence-electron chi connectivity index (χ0n) is 20.6. The Balaban J connectivity index is 2.26. The van der Waals surface area contributed by atoms with Crippen molar-refractivity contribution in [1.82, 2.24) is 9.80 Å². The smallest absolute Gasteiger partial charge is 0.295 e. The molecule has 1 unspecified atom stereocenters. The number of nitrogens with zero attached hydrogens (tertiary/aromatic N) is 3. The largest absolute Gasteiger partial charge is 0.507 e. The predicted molar refractivity (Wildman–Crippen MR) is 138 cm³/mol. The lowest BCUT2D eigenvalue weighted by molar-refractivity contribution is -0.140. The average Bonchev–Trinajstić information content (AvgIpc) is 3.07. The molecule has 1 fully saturated rings. The normalized spacial score (nSPS) is 17.3. The fourth-order valence-electron chi connectivity index (χ4n) is 4.01. The monoisotopic (exact) mass is 521 g/mol. The van der Waals surface area contributed by atoms with Crippen LogP contribution in [0.4, 0.5) is 5.69 Å². The van der Waals surface area contributed by atoms with E-state index in [1.165, 1.54) is 25.2 Å². The summed E-state index contributed by atoms with van der Waals surface area (Å²) in [6.45, 7) is 0.818. The summed E-state index contributed by atoms with van der Waals surface area (Å²) in [5.41, 5.74) is 1.65. The molecular formula is C25H29Cl2N3O5. The van der Waals surface area contributed by atoms with Gasteiger partial charge in [-0.25, -0.2) is 0 Å². The van der Waals surface area contributed by atoms with Crippen LogP contribution in [0, 0.1) is 0 Å².